The van der Waals surface area contributed by atoms with E-state index in [0.717, 1.165) is 0 Å². The Morgan fingerprint density at radius 2 is 2.50 bits per heavy atom. The van der Waals surface area contributed by atoms with E-state index in [1.807, 2.05) is 0 Å². The van der Waals surface area contributed by atoms with Gasteiger partial charge in [-0.2, -0.15) is 10.3 Å². The maximum atomic E-state index is 11.7. The first-order valence-corrected chi connectivity index (χ1v) is 7.77. The lowest BCUT2D eigenvalue weighted by Crippen LogP contribution is -2.68. The Morgan fingerprint density at radius 3 is 3.15 bits per heavy atom. The molecule has 8 nitrogen and oxygen atoms in total. The molecular formula is C10H11N5O3S2. The van der Waals surface area contributed by atoms with Crippen molar-refractivity contribution in [3.8, 4) is 0 Å². The van der Waals surface area contributed by atoms with Crippen LogP contribution >= 0.6 is 23.5 Å². The maximum Gasteiger partial charge on any atom is 0.352 e. The van der Waals surface area contributed by atoms with Crippen molar-refractivity contribution in [1.82, 2.24) is 20.3 Å². The van der Waals surface area contributed by atoms with Crippen LogP contribution < -0.4 is 5.73 Å². The molecule has 1 aromatic rings. The number of amides is 1. The van der Waals surface area contributed by atoms with Crippen molar-refractivity contribution in [3.05, 3.63) is 17.5 Å². The van der Waals surface area contributed by atoms with Crippen molar-refractivity contribution in [3.63, 3.8) is 0 Å². The molecule has 106 valence electrons. The standard InChI is InChI=1S/C10H11N5O3S2/c11-6-8(16)15-7(10(17)18)4(3-20-9(6)15)2-19-5-1-12-14-13-5/h1,6,9H,2-3,11H2,(H,17,18)(H,12,13,14)/t6-,9+/m0/s1. The molecule has 4 N–H and O–H groups in total. The Morgan fingerprint density at radius 1 is 1.70 bits per heavy atom. The predicted octanol–water partition coefficient (Wildman–Crippen LogP) is -0.522. The predicted molar refractivity (Wildman–Crippen MR) is 72.8 cm³/mol. The number of carbonyl (C=O) groups excluding carboxylic acids is 1. The van der Waals surface area contributed by atoms with E-state index in [2.05, 4.69) is 15.4 Å². The minimum absolute atomic E-state index is 0.0662. The van der Waals surface area contributed by atoms with Crippen LogP contribution in [0.15, 0.2) is 22.5 Å². The Labute approximate surface area is 122 Å². The molecule has 1 aromatic heterocycles. The highest BCUT2D eigenvalue weighted by Crippen LogP contribution is 2.40. The number of aromatic amines is 1. The number of hydrogen-bond donors (Lipinski definition) is 3. The van der Waals surface area contributed by atoms with Gasteiger partial charge in [0.2, 0.25) is 5.91 Å². The number of β-lactam (4-membered cyclic amide) rings is 1. The molecule has 0 aromatic carbocycles. The first-order valence-electron chi connectivity index (χ1n) is 5.73. The Kier molecular flexibility index (Phi) is 3.44. The Bertz CT molecular complexity index is 588. The molecular weight excluding hydrogens is 302 g/mol. The molecule has 0 aliphatic carbocycles. The van der Waals surface area contributed by atoms with Crippen LogP contribution in [-0.4, -0.2) is 60.2 Å². The first kappa shape index (κ1) is 13.5. The van der Waals surface area contributed by atoms with Crippen LogP contribution in [0.2, 0.25) is 0 Å². The fourth-order valence-corrected chi connectivity index (χ4v) is 4.33. The number of carbonyl (C=O) groups is 2. The summed E-state index contributed by atoms with van der Waals surface area (Å²) in [5.74, 6) is -0.420. The van der Waals surface area contributed by atoms with Gasteiger partial charge in [-0.25, -0.2) is 4.79 Å². The topological polar surface area (TPSA) is 125 Å². The minimum atomic E-state index is -1.09. The molecule has 0 unspecified atom stereocenters. The molecule has 3 heterocycles. The fourth-order valence-electron chi connectivity index (χ4n) is 2.11. The molecule has 0 saturated carbocycles. The normalized spacial score (nSPS) is 25.4. The van der Waals surface area contributed by atoms with Crippen LogP contribution in [0.5, 0.6) is 0 Å². The zero-order valence-electron chi connectivity index (χ0n) is 10.1. The lowest BCUT2D eigenvalue weighted by atomic mass is 10.0. The van der Waals surface area contributed by atoms with E-state index in [1.165, 1.54) is 28.4 Å². The number of aromatic nitrogens is 3. The second-order valence-electron chi connectivity index (χ2n) is 4.29. The van der Waals surface area contributed by atoms with Crippen LogP contribution in [0.4, 0.5) is 0 Å². The molecule has 0 radical (unpaired) electrons. The number of nitrogens with two attached hydrogens (primary N) is 1. The summed E-state index contributed by atoms with van der Waals surface area (Å²) in [6, 6.07) is -0.598. The molecule has 1 saturated heterocycles. The van der Waals surface area contributed by atoms with E-state index in [9.17, 15) is 14.7 Å². The highest BCUT2D eigenvalue weighted by molar-refractivity contribution is 8.01. The number of H-pyrrole nitrogens is 1. The average Bonchev–Trinajstić information content (AvgIpc) is 2.96. The van der Waals surface area contributed by atoms with Gasteiger partial charge in [0, 0.05) is 11.5 Å². The summed E-state index contributed by atoms with van der Waals surface area (Å²) < 4.78 is 0. The average molecular weight is 313 g/mol. The van der Waals surface area contributed by atoms with Crippen LogP contribution in [-0.2, 0) is 9.59 Å². The summed E-state index contributed by atoms with van der Waals surface area (Å²) in [6.45, 7) is 0. The van der Waals surface area contributed by atoms with Crippen molar-refractivity contribution in [2.24, 2.45) is 5.73 Å². The third-order valence-electron chi connectivity index (χ3n) is 3.08. The number of carboxylic acid groups (broad SMARTS) is 1. The molecule has 0 spiro atoms. The fraction of sp³-hybridized carbons (Fsp3) is 0.400. The molecule has 10 heteroatoms. The highest BCUT2D eigenvalue weighted by Gasteiger charge is 2.51. The summed E-state index contributed by atoms with van der Waals surface area (Å²) in [7, 11) is 0. The van der Waals surface area contributed by atoms with Crippen molar-refractivity contribution in [1.29, 1.82) is 0 Å². The Balaban J connectivity index is 1.82. The van der Waals surface area contributed by atoms with Gasteiger partial charge >= 0.3 is 5.97 Å². The Hall–Kier alpha value is -1.52. The molecule has 2 atom stereocenters. The molecule has 2 aliphatic rings. The second kappa shape index (κ2) is 5.11. The van der Waals surface area contributed by atoms with Crippen LogP contribution in [0.25, 0.3) is 0 Å². The third kappa shape index (κ3) is 2.09. The number of nitrogens with one attached hydrogen (secondary N) is 1. The zero-order chi connectivity index (χ0) is 14.3. The van der Waals surface area contributed by atoms with Gasteiger partial charge in [0.1, 0.15) is 22.1 Å². The van der Waals surface area contributed by atoms with Crippen molar-refractivity contribution < 1.29 is 14.7 Å². The summed E-state index contributed by atoms with van der Waals surface area (Å²) in [6.07, 6.45) is 1.56. The van der Waals surface area contributed by atoms with E-state index in [-0.39, 0.29) is 17.0 Å². The van der Waals surface area contributed by atoms with Crippen LogP contribution in [0.3, 0.4) is 0 Å². The summed E-state index contributed by atoms with van der Waals surface area (Å²) in [5, 5.41) is 19.8. The summed E-state index contributed by atoms with van der Waals surface area (Å²) >= 11 is 2.87. The zero-order valence-corrected chi connectivity index (χ0v) is 11.8. The van der Waals surface area contributed by atoms with E-state index in [1.54, 1.807) is 6.20 Å². The van der Waals surface area contributed by atoms with Gasteiger partial charge in [0.15, 0.2) is 0 Å². The van der Waals surface area contributed by atoms with E-state index < -0.39 is 12.0 Å². The van der Waals surface area contributed by atoms with Crippen molar-refractivity contribution in [2.75, 3.05) is 11.5 Å². The largest absolute Gasteiger partial charge is 0.477 e. The first-order chi connectivity index (χ1) is 9.59. The van der Waals surface area contributed by atoms with Gasteiger partial charge in [-0.05, 0) is 5.57 Å². The monoisotopic (exact) mass is 313 g/mol. The van der Waals surface area contributed by atoms with Crippen LogP contribution in [0.1, 0.15) is 0 Å². The molecule has 1 amide bonds. The third-order valence-corrected chi connectivity index (χ3v) is 5.42. The number of nitrogens with zero attached hydrogens (tertiary/aromatic N) is 3. The molecule has 1 fully saturated rings. The van der Waals surface area contributed by atoms with E-state index >= 15 is 0 Å². The lowest BCUT2D eigenvalue weighted by molar-refractivity contribution is -0.147. The van der Waals surface area contributed by atoms with E-state index in [0.29, 0.717) is 22.1 Å². The number of fused-ring (bicyclic) bond motifs is 1. The quantitative estimate of drug-likeness (QED) is 0.501. The van der Waals surface area contributed by atoms with Gasteiger partial charge in [-0.15, -0.1) is 16.9 Å². The molecule has 0 bridgehead atoms. The SMILES string of the molecule is N[C@H]1C(=O)N2C(C(=O)O)=C(CSc3cn[nH]n3)CS[C@H]12. The van der Waals surface area contributed by atoms with Gasteiger partial charge in [0.05, 0.1) is 6.20 Å². The molecule has 20 heavy (non-hydrogen) atoms. The maximum absolute atomic E-state index is 11.7. The summed E-state index contributed by atoms with van der Waals surface area (Å²) in [5.41, 5.74) is 6.45. The van der Waals surface area contributed by atoms with Crippen LogP contribution in [0, 0.1) is 0 Å². The lowest BCUT2D eigenvalue weighted by Gasteiger charge is -2.48. The van der Waals surface area contributed by atoms with Gasteiger partial charge in [0.25, 0.3) is 0 Å². The van der Waals surface area contributed by atoms with Gasteiger partial charge < -0.3 is 10.8 Å². The number of thioether (sulfide) groups is 2. The smallest absolute Gasteiger partial charge is 0.352 e. The number of carboxylic acids is 1. The number of aliphatic carboxylic acids is 1. The van der Waals surface area contributed by atoms with Gasteiger partial charge in [-0.1, -0.05) is 11.8 Å². The summed E-state index contributed by atoms with van der Waals surface area (Å²) in [4.78, 5) is 24.5. The van der Waals surface area contributed by atoms with Gasteiger partial charge in [-0.3, -0.25) is 9.69 Å². The highest BCUT2D eigenvalue weighted by atomic mass is 32.2. The second-order valence-corrected chi connectivity index (χ2v) is 6.39. The molecule has 3 rings (SSSR count). The van der Waals surface area contributed by atoms with E-state index in [4.69, 9.17) is 5.73 Å². The van der Waals surface area contributed by atoms with Crippen molar-refractivity contribution in [2.45, 2.75) is 16.4 Å². The van der Waals surface area contributed by atoms with Crippen molar-refractivity contribution >= 4 is 35.4 Å². The molecule has 2 aliphatic heterocycles. The number of rotatable bonds is 4. The number of hydrogen-bond acceptors (Lipinski definition) is 7. The minimum Gasteiger partial charge on any atom is -0.477 e.